The molecule has 26 heavy (non-hydrogen) atoms. The number of likely N-dealkylation sites (N-methyl/N-ethyl adjacent to an activating group) is 1. The van der Waals surface area contributed by atoms with Gasteiger partial charge in [0.05, 0.1) is 25.3 Å². The zero-order valence-corrected chi connectivity index (χ0v) is 16.8. The van der Waals surface area contributed by atoms with Crippen LogP contribution in [0.25, 0.3) is 10.1 Å². The summed E-state index contributed by atoms with van der Waals surface area (Å²) in [6, 6.07) is 12.8. The van der Waals surface area contributed by atoms with Gasteiger partial charge in [0.1, 0.15) is 0 Å². The molecule has 0 amide bonds. The summed E-state index contributed by atoms with van der Waals surface area (Å²) in [5.74, 6) is 1.56. The van der Waals surface area contributed by atoms with Crippen molar-refractivity contribution in [3.63, 3.8) is 0 Å². The molecule has 0 aliphatic carbocycles. The van der Waals surface area contributed by atoms with Gasteiger partial charge in [-0.3, -0.25) is 4.90 Å². The van der Waals surface area contributed by atoms with Crippen molar-refractivity contribution in [1.82, 2.24) is 4.90 Å². The SMILES string of the molecule is CCN1CCc2cc(OC)c(OC)cc2C1c1sc2ccccc2c1Cl. The van der Waals surface area contributed by atoms with Crippen molar-refractivity contribution >= 4 is 33.0 Å². The topological polar surface area (TPSA) is 21.7 Å². The molecule has 0 saturated carbocycles. The van der Waals surface area contributed by atoms with Gasteiger partial charge in [0.25, 0.3) is 0 Å². The molecule has 0 fully saturated rings. The largest absolute Gasteiger partial charge is 0.493 e. The quantitative estimate of drug-likeness (QED) is 0.586. The molecule has 1 aliphatic heterocycles. The van der Waals surface area contributed by atoms with Crippen LogP contribution in [0.4, 0.5) is 0 Å². The van der Waals surface area contributed by atoms with Gasteiger partial charge in [-0.05, 0) is 42.3 Å². The second kappa shape index (κ2) is 7.10. The molecule has 1 atom stereocenters. The average Bonchev–Trinajstić information content (AvgIpc) is 3.02. The van der Waals surface area contributed by atoms with E-state index in [9.17, 15) is 0 Å². The van der Waals surface area contributed by atoms with Crippen LogP contribution in [0, 0.1) is 0 Å². The highest BCUT2D eigenvalue weighted by atomic mass is 35.5. The Balaban J connectivity index is 1.92. The number of rotatable bonds is 4. The first-order valence-electron chi connectivity index (χ1n) is 8.83. The zero-order chi connectivity index (χ0) is 18.3. The van der Waals surface area contributed by atoms with E-state index in [2.05, 4.69) is 42.2 Å². The van der Waals surface area contributed by atoms with E-state index in [1.54, 1.807) is 25.6 Å². The van der Waals surface area contributed by atoms with Crippen LogP contribution in [0.3, 0.4) is 0 Å². The lowest BCUT2D eigenvalue weighted by Crippen LogP contribution is -2.35. The maximum Gasteiger partial charge on any atom is 0.161 e. The third kappa shape index (κ3) is 2.77. The Morgan fingerprint density at radius 2 is 1.88 bits per heavy atom. The van der Waals surface area contributed by atoms with Gasteiger partial charge >= 0.3 is 0 Å². The van der Waals surface area contributed by atoms with Crippen molar-refractivity contribution in [3.8, 4) is 11.5 Å². The molecule has 0 spiro atoms. The smallest absolute Gasteiger partial charge is 0.161 e. The highest BCUT2D eigenvalue weighted by molar-refractivity contribution is 7.19. The molecule has 3 nitrogen and oxygen atoms in total. The van der Waals surface area contributed by atoms with E-state index in [4.69, 9.17) is 21.1 Å². The Labute approximate surface area is 163 Å². The lowest BCUT2D eigenvalue weighted by molar-refractivity contribution is 0.226. The maximum absolute atomic E-state index is 6.84. The molecule has 4 rings (SSSR count). The number of fused-ring (bicyclic) bond motifs is 2. The van der Waals surface area contributed by atoms with Gasteiger partial charge in [-0.25, -0.2) is 0 Å². The highest BCUT2D eigenvalue weighted by Gasteiger charge is 2.32. The molecule has 136 valence electrons. The average molecular weight is 388 g/mol. The number of hydrogen-bond donors (Lipinski definition) is 0. The van der Waals surface area contributed by atoms with E-state index < -0.39 is 0 Å². The Bertz CT molecular complexity index is 953. The number of halogens is 1. The Morgan fingerprint density at radius 3 is 2.58 bits per heavy atom. The van der Waals surface area contributed by atoms with E-state index in [1.165, 1.54) is 20.7 Å². The summed E-state index contributed by atoms with van der Waals surface area (Å²) in [4.78, 5) is 3.70. The van der Waals surface area contributed by atoms with E-state index in [0.29, 0.717) is 0 Å². The summed E-state index contributed by atoms with van der Waals surface area (Å²) in [7, 11) is 3.37. The minimum atomic E-state index is 0.147. The molecule has 0 radical (unpaired) electrons. The van der Waals surface area contributed by atoms with Crippen molar-refractivity contribution in [1.29, 1.82) is 0 Å². The highest BCUT2D eigenvalue weighted by Crippen LogP contribution is 2.47. The van der Waals surface area contributed by atoms with Gasteiger partial charge in [-0.1, -0.05) is 36.7 Å². The van der Waals surface area contributed by atoms with Crippen LogP contribution in [-0.4, -0.2) is 32.2 Å². The third-order valence-corrected chi connectivity index (χ3v) is 6.93. The van der Waals surface area contributed by atoms with Crippen molar-refractivity contribution in [2.75, 3.05) is 27.3 Å². The Kier molecular flexibility index (Phi) is 4.82. The Morgan fingerprint density at radius 1 is 1.15 bits per heavy atom. The van der Waals surface area contributed by atoms with E-state index in [1.807, 2.05) is 6.07 Å². The first kappa shape index (κ1) is 17.7. The minimum absolute atomic E-state index is 0.147. The second-order valence-electron chi connectivity index (χ2n) is 6.46. The van der Waals surface area contributed by atoms with E-state index in [0.717, 1.165) is 41.4 Å². The number of methoxy groups -OCH3 is 2. The molecule has 5 heteroatoms. The number of hydrogen-bond acceptors (Lipinski definition) is 4. The van der Waals surface area contributed by atoms with Crippen LogP contribution < -0.4 is 9.47 Å². The predicted molar refractivity (Wildman–Crippen MR) is 109 cm³/mol. The van der Waals surface area contributed by atoms with Gasteiger partial charge in [-0.15, -0.1) is 11.3 Å². The van der Waals surface area contributed by atoms with Crippen molar-refractivity contribution in [2.45, 2.75) is 19.4 Å². The molecule has 0 saturated heterocycles. The summed E-state index contributed by atoms with van der Waals surface area (Å²) >= 11 is 8.63. The fourth-order valence-corrected chi connectivity index (χ4v) is 5.54. The van der Waals surface area contributed by atoms with Crippen LogP contribution in [0.5, 0.6) is 11.5 Å². The molecular weight excluding hydrogens is 366 g/mol. The number of benzene rings is 2. The third-order valence-electron chi connectivity index (χ3n) is 5.19. The van der Waals surface area contributed by atoms with Crippen molar-refractivity contribution in [2.24, 2.45) is 0 Å². The molecule has 2 aromatic carbocycles. The normalized spacial score (nSPS) is 17.3. The fourth-order valence-electron chi connectivity index (χ4n) is 3.85. The monoisotopic (exact) mass is 387 g/mol. The molecule has 0 N–H and O–H groups in total. The fraction of sp³-hybridized carbons (Fsp3) is 0.333. The van der Waals surface area contributed by atoms with Gasteiger partial charge < -0.3 is 9.47 Å². The van der Waals surface area contributed by atoms with Gasteiger partial charge in [0, 0.05) is 21.5 Å². The Hall–Kier alpha value is -1.75. The summed E-state index contributed by atoms with van der Waals surface area (Å²) in [5.41, 5.74) is 2.58. The van der Waals surface area contributed by atoms with E-state index in [-0.39, 0.29) is 6.04 Å². The molecule has 0 bridgehead atoms. The lowest BCUT2D eigenvalue weighted by atomic mass is 9.90. The second-order valence-corrected chi connectivity index (χ2v) is 7.93. The summed E-state index contributed by atoms with van der Waals surface area (Å²) in [6.07, 6.45) is 1.00. The number of ether oxygens (including phenoxy) is 2. The van der Waals surface area contributed by atoms with Crippen LogP contribution in [0.2, 0.25) is 5.02 Å². The first-order valence-corrected chi connectivity index (χ1v) is 10.0. The van der Waals surface area contributed by atoms with Crippen molar-refractivity contribution in [3.05, 3.63) is 57.4 Å². The first-order chi connectivity index (χ1) is 12.7. The van der Waals surface area contributed by atoms with Crippen LogP contribution in [0.1, 0.15) is 29.0 Å². The summed E-state index contributed by atoms with van der Waals surface area (Å²) in [6.45, 7) is 4.19. The van der Waals surface area contributed by atoms with E-state index >= 15 is 0 Å². The molecule has 1 unspecified atom stereocenters. The molecule has 1 aliphatic rings. The lowest BCUT2D eigenvalue weighted by Gasteiger charge is -2.36. The molecular formula is C21H22ClNO2S. The van der Waals surface area contributed by atoms with Crippen LogP contribution in [-0.2, 0) is 6.42 Å². The number of nitrogens with zero attached hydrogens (tertiary/aromatic N) is 1. The summed E-state index contributed by atoms with van der Waals surface area (Å²) < 4.78 is 12.3. The van der Waals surface area contributed by atoms with Gasteiger partial charge in [0.2, 0.25) is 0 Å². The summed E-state index contributed by atoms with van der Waals surface area (Å²) in [5, 5.41) is 2.01. The maximum atomic E-state index is 6.84. The zero-order valence-electron chi connectivity index (χ0n) is 15.2. The standard InChI is InChI=1S/C21H22ClNO2S/c1-4-23-10-9-13-11-16(24-2)17(25-3)12-15(13)20(23)21-19(22)14-7-5-6-8-18(14)26-21/h5-8,11-12,20H,4,9-10H2,1-3H3. The minimum Gasteiger partial charge on any atom is -0.493 e. The van der Waals surface area contributed by atoms with Crippen molar-refractivity contribution < 1.29 is 9.47 Å². The van der Waals surface area contributed by atoms with Gasteiger partial charge in [0.15, 0.2) is 11.5 Å². The molecule has 1 aromatic heterocycles. The predicted octanol–water partition coefficient (Wildman–Crippen LogP) is 5.54. The van der Waals surface area contributed by atoms with Gasteiger partial charge in [-0.2, -0.15) is 0 Å². The molecule has 2 heterocycles. The van der Waals surface area contributed by atoms with Crippen LogP contribution >= 0.6 is 22.9 Å². The number of thiophene rings is 1. The molecule has 3 aromatic rings. The van der Waals surface area contributed by atoms with Crippen LogP contribution in [0.15, 0.2) is 36.4 Å².